The number of halogens is 2. The number of aryl methyl sites for hydroxylation is 1. The lowest BCUT2D eigenvalue weighted by Crippen LogP contribution is -2.08. The van der Waals surface area contributed by atoms with Gasteiger partial charge in [0.1, 0.15) is 23.1 Å². The highest BCUT2D eigenvalue weighted by atomic mass is 35.5. The van der Waals surface area contributed by atoms with Gasteiger partial charge in [-0.2, -0.15) is 0 Å². The average molecular weight is 414 g/mol. The zero-order valence-corrected chi connectivity index (χ0v) is 15.6. The molecule has 0 atom stereocenters. The van der Waals surface area contributed by atoms with Crippen LogP contribution < -0.4 is 9.47 Å². The fraction of sp³-hybridized carbons (Fsp3) is 0.0952. The van der Waals surface area contributed by atoms with Gasteiger partial charge in [-0.05, 0) is 24.3 Å². The minimum Gasteiger partial charge on any atom is -0.452 e. The third-order valence-corrected chi connectivity index (χ3v) is 4.35. The van der Waals surface area contributed by atoms with Crippen LogP contribution in [0, 0.1) is 5.82 Å². The normalized spacial score (nSPS) is 14.0. The summed E-state index contributed by atoms with van der Waals surface area (Å²) >= 11 is 5.66. The summed E-state index contributed by atoms with van der Waals surface area (Å²) < 4.78 is 29.6. The van der Waals surface area contributed by atoms with Gasteiger partial charge in [0.05, 0.1) is 12.0 Å². The van der Waals surface area contributed by atoms with E-state index in [-0.39, 0.29) is 46.6 Å². The summed E-state index contributed by atoms with van der Waals surface area (Å²) in [5.41, 5.74) is 0.548. The second kappa shape index (κ2) is 7.89. The van der Waals surface area contributed by atoms with Crippen LogP contribution in [0.15, 0.2) is 58.8 Å². The van der Waals surface area contributed by atoms with E-state index in [9.17, 15) is 14.0 Å². The van der Waals surface area contributed by atoms with Crippen molar-refractivity contribution in [1.29, 1.82) is 0 Å². The van der Waals surface area contributed by atoms with Gasteiger partial charge in [0.15, 0.2) is 10.9 Å². The summed E-state index contributed by atoms with van der Waals surface area (Å²) in [4.78, 5) is 24.5. The van der Waals surface area contributed by atoms with Crippen molar-refractivity contribution in [3.05, 3.63) is 82.1 Å². The Morgan fingerprint density at radius 3 is 2.79 bits per heavy atom. The van der Waals surface area contributed by atoms with Gasteiger partial charge in [-0.1, -0.05) is 35.0 Å². The van der Waals surface area contributed by atoms with E-state index in [2.05, 4.69) is 5.16 Å². The molecule has 0 spiro atoms. The summed E-state index contributed by atoms with van der Waals surface area (Å²) in [6, 6.07) is 12.0. The molecule has 8 heteroatoms. The number of Topliss-reactive ketones (excluding diaryl/α,β-unsaturated/α-hetero) is 1. The third kappa shape index (κ3) is 4.20. The molecule has 0 saturated carbocycles. The van der Waals surface area contributed by atoms with E-state index < -0.39 is 11.8 Å². The summed E-state index contributed by atoms with van der Waals surface area (Å²) in [7, 11) is 0. The third-order valence-electron chi connectivity index (χ3n) is 4.17. The monoisotopic (exact) mass is 413 g/mol. The predicted molar refractivity (Wildman–Crippen MR) is 101 cm³/mol. The lowest BCUT2D eigenvalue weighted by Gasteiger charge is -2.05. The van der Waals surface area contributed by atoms with Crippen LogP contribution in [-0.4, -0.2) is 16.9 Å². The molecule has 1 aromatic heterocycles. The molecule has 1 aliphatic rings. The maximum atomic E-state index is 13.8. The lowest BCUT2D eigenvalue weighted by molar-refractivity contribution is -0.134. The number of nitrogens with zero attached hydrogens (tertiary/aromatic N) is 1. The van der Waals surface area contributed by atoms with Crippen molar-refractivity contribution < 1.29 is 28.0 Å². The second-order valence-corrected chi connectivity index (χ2v) is 6.60. The first-order valence-corrected chi connectivity index (χ1v) is 9.02. The van der Waals surface area contributed by atoms with Crippen LogP contribution in [0.2, 0.25) is 5.15 Å². The number of esters is 1. The van der Waals surface area contributed by atoms with Gasteiger partial charge in [-0.3, -0.25) is 9.59 Å². The highest BCUT2D eigenvalue weighted by molar-refractivity contribution is 6.29. The summed E-state index contributed by atoms with van der Waals surface area (Å²) in [6.45, 7) is 0. The highest BCUT2D eigenvalue weighted by Gasteiger charge is 2.28. The largest absolute Gasteiger partial charge is 0.452 e. The van der Waals surface area contributed by atoms with Gasteiger partial charge in [0.2, 0.25) is 5.78 Å². The molecule has 0 radical (unpaired) electrons. The first-order chi connectivity index (χ1) is 14.0. The predicted octanol–water partition coefficient (Wildman–Crippen LogP) is 4.62. The minimum absolute atomic E-state index is 0.00391. The molecule has 0 unspecified atom stereocenters. The smallest absolute Gasteiger partial charge is 0.311 e. The molecule has 2 aromatic carbocycles. The van der Waals surface area contributed by atoms with E-state index in [1.54, 1.807) is 12.1 Å². The van der Waals surface area contributed by atoms with Crippen molar-refractivity contribution in [3.8, 4) is 11.5 Å². The molecule has 4 rings (SSSR count). The summed E-state index contributed by atoms with van der Waals surface area (Å²) in [5.74, 6) is -0.398. The van der Waals surface area contributed by atoms with Crippen LogP contribution >= 0.6 is 11.6 Å². The Kier molecular flexibility index (Phi) is 5.14. The molecule has 0 N–H and O–H groups in total. The fourth-order valence-corrected chi connectivity index (χ4v) is 2.93. The maximum absolute atomic E-state index is 13.8. The van der Waals surface area contributed by atoms with Crippen molar-refractivity contribution in [2.24, 2.45) is 0 Å². The molecule has 0 amide bonds. The lowest BCUT2D eigenvalue weighted by atomic mass is 10.1. The molecule has 1 aliphatic heterocycles. The van der Waals surface area contributed by atoms with Crippen LogP contribution in [0.3, 0.4) is 0 Å². The Bertz CT molecular complexity index is 1140. The molecule has 6 nitrogen and oxygen atoms in total. The Morgan fingerprint density at radius 2 is 2.03 bits per heavy atom. The topological polar surface area (TPSA) is 78.6 Å². The van der Waals surface area contributed by atoms with E-state index in [4.69, 9.17) is 25.6 Å². The van der Waals surface area contributed by atoms with E-state index >= 15 is 0 Å². The number of hydrogen-bond acceptors (Lipinski definition) is 6. The highest BCUT2D eigenvalue weighted by Crippen LogP contribution is 2.35. The fourth-order valence-electron chi connectivity index (χ4n) is 2.78. The van der Waals surface area contributed by atoms with Crippen molar-refractivity contribution in [1.82, 2.24) is 5.16 Å². The first-order valence-electron chi connectivity index (χ1n) is 8.64. The van der Waals surface area contributed by atoms with E-state index in [1.165, 1.54) is 42.5 Å². The number of carbonyl (C=O) groups excluding carboxylic acids is 2. The minimum atomic E-state index is -0.496. The van der Waals surface area contributed by atoms with Crippen LogP contribution in [0.4, 0.5) is 4.39 Å². The number of hydrogen-bond donors (Lipinski definition) is 0. The quantitative estimate of drug-likeness (QED) is 0.345. The Labute approximate surface area is 169 Å². The van der Waals surface area contributed by atoms with Crippen LogP contribution in [0.1, 0.15) is 28.1 Å². The summed E-state index contributed by atoms with van der Waals surface area (Å²) in [5, 5.41) is 3.74. The maximum Gasteiger partial charge on any atom is 0.311 e. The number of benzene rings is 2. The van der Waals surface area contributed by atoms with Gasteiger partial charge in [-0.25, -0.2) is 4.39 Å². The number of carbonyl (C=O) groups is 2. The molecule has 0 fully saturated rings. The number of ketones is 1. The molecule has 29 heavy (non-hydrogen) atoms. The standard InChI is InChI=1S/C21H13ClFNO5/c22-19-11-14(29-24-19)6-8-20(25)27-13-5-7-15-17(10-13)28-18(21(15)26)9-12-3-1-2-4-16(12)23/h1-5,7,9-11H,6,8H2/b18-9-. The Morgan fingerprint density at radius 1 is 1.21 bits per heavy atom. The average Bonchev–Trinajstić information content (AvgIpc) is 3.25. The SMILES string of the molecule is O=C(CCc1cc(Cl)no1)Oc1ccc2c(c1)O/C(=C\c1ccccc1F)C2=O. The number of rotatable bonds is 5. The van der Waals surface area contributed by atoms with Crippen molar-refractivity contribution in [3.63, 3.8) is 0 Å². The van der Waals surface area contributed by atoms with Crippen molar-refractivity contribution in [2.45, 2.75) is 12.8 Å². The molecular weight excluding hydrogens is 401 g/mol. The molecular formula is C21H13ClFNO5. The number of aromatic nitrogens is 1. The van der Waals surface area contributed by atoms with E-state index in [0.29, 0.717) is 11.3 Å². The molecule has 0 aliphatic carbocycles. The molecule has 2 heterocycles. The van der Waals surface area contributed by atoms with Gasteiger partial charge >= 0.3 is 5.97 Å². The zero-order valence-electron chi connectivity index (χ0n) is 14.9. The number of ether oxygens (including phenoxy) is 2. The Balaban J connectivity index is 1.44. The molecule has 0 bridgehead atoms. The molecule has 3 aromatic rings. The van der Waals surface area contributed by atoms with Crippen LogP contribution in [0.25, 0.3) is 6.08 Å². The zero-order chi connectivity index (χ0) is 20.4. The van der Waals surface area contributed by atoms with Crippen molar-refractivity contribution in [2.75, 3.05) is 0 Å². The Hall–Kier alpha value is -3.45. The van der Waals surface area contributed by atoms with Crippen LogP contribution in [0.5, 0.6) is 11.5 Å². The molecule has 146 valence electrons. The second-order valence-electron chi connectivity index (χ2n) is 6.21. The van der Waals surface area contributed by atoms with Gasteiger partial charge in [0.25, 0.3) is 0 Å². The van der Waals surface area contributed by atoms with Crippen LogP contribution in [-0.2, 0) is 11.2 Å². The summed E-state index contributed by atoms with van der Waals surface area (Å²) in [6.07, 6.45) is 1.68. The van der Waals surface area contributed by atoms with Gasteiger partial charge < -0.3 is 14.0 Å². The van der Waals surface area contributed by atoms with Gasteiger partial charge in [-0.15, -0.1) is 0 Å². The van der Waals surface area contributed by atoms with E-state index in [1.807, 2.05) is 0 Å². The first kappa shape index (κ1) is 18.9. The number of allylic oxidation sites excluding steroid dienone is 1. The molecule has 0 saturated heterocycles. The number of fused-ring (bicyclic) bond motifs is 1. The van der Waals surface area contributed by atoms with Gasteiger partial charge in [0, 0.05) is 24.1 Å². The van der Waals surface area contributed by atoms with E-state index in [0.717, 1.165) is 0 Å². The van der Waals surface area contributed by atoms with Crippen molar-refractivity contribution >= 4 is 29.4 Å².